The summed E-state index contributed by atoms with van der Waals surface area (Å²) in [6.45, 7) is 0.999. The zero-order chi connectivity index (χ0) is 19.9. The SMILES string of the molecule is COc1ccc2cc(C(=O)NCCCOc3ccc(C(=S)NO)cc3)sc2c1. The number of fused-ring (bicyclic) bond motifs is 1. The highest BCUT2D eigenvalue weighted by atomic mass is 32.1. The lowest BCUT2D eigenvalue weighted by Crippen LogP contribution is -2.24. The largest absolute Gasteiger partial charge is 0.497 e. The van der Waals surface area contributed by atoms with Crippen LogP contribution < -0.4 is 20.3 Å². The van der Waals surface area contributed by atoms with Gasteiger partial charge >= 0.3 is 0 Å². The summed E-state index contributed by atoms with van der Waals surface area (Å²) in [5, 5.41) is 12.7. The van der Waals surface area contributed by atoms with Crippen molar-refractivity contribution >= 4 is 44.5 Å². The maximum Gasteiger partial charge on any atom is 0.261 e. The zero-order valence-corrected chi connectivity index (χ0v) is 16.9. The van der Waals surface area contributed by atoms with Crippen molar-refractivity contribution in [2.45, 2.75) is 6.42 Å². The predicted octanol–water partition coefficient (Wildman–Crippen LogP) is 3.76. The molecule has 0 atom stereocenters. The topological polar surface area (TPSA) is 79.8 Å². The van der Waals surface area contributed by atoms with Gasteiger partial charge in [-0.3, -0.25) is 15.5 Å². The molecule has 0 aliphatic rings. The van der Waals surface area contributed by atoms with E-state index in [0.717, 1.165) is 15.8 Å². The molecule has 1 heterocycles. The molecule has 2 aromatic carbocycles. The number of thiophene rings is 1. The van der Waals surface area contributed by atoms with Crippen LogP contribution in [0.3, 0.4) is 0 Å². The number of ether oxygens (including phenoxy) is 2. The molecule has 1 aromatic heterocycles. The van der Waals surface area contributed by atoms with Gasteiger partial charge in [0.25, 0.3) is 5.91 Å². The molecule has 6 nitrogen and oxygen atoms in total. The second kappa shape index (κ2) is 9.50. The number of amides is 1. The Balaban J connectivity index is 1.43. The molecule has 0 aliphatic carbocycles. The summed E-state index contributed by atoms with van der Waals surface area (Å²) in [5.74, 6) is 1.39. The molecule has 3 rings (SSSR count). The zero-order valence-electron chi connectivity index (χ0n) is 15.2. The van der Waals surface area contributed by atoms with Crippen LogP contribution in [0.25, 0.3) is 10.1 Å². The van der Waals surface area contributed by atoms with Crippen molar-refractivity contribution in [3.63, 3.8) is 0 Å². The van der Waals surface area contributed by atoms with Crippen LogP contribution in [0.15, 0.2) is 48.5 Å². The molecule has 3 aromatic rings. The molecule has 0 saturated heterocycles. The maximum atomic E-state index is 12.3. The quantitative estimate of drug-likeness (QED) is 0.295. The highest BCUT2D eigenvalue weighted by Gasteiger charge is 2.10. The van der Waals surface area contributed by atoms with E-state index >= 15 is 0 Å². The van der Waals surface area contributed by atoms with E-state index in [9.17, 15) is 4.79 Å². The van der Waals surface area contributed by atoms with Gasteiger partial charge in [0, 0.05) is 16.8 Å². The number of hydrogen-bond acceptors (Lipinski definition) is 6. The molecule has 1 amide bonds. The van der Waals surface area contributed by atoms with E-state index in [-0.39, 0.29) is 10.9 Å². The van der Waals surface area contributed by atoms with E-state index in [2.05, 4.69) is 5.32 Å². The number of benzene rings is 2. The van der Waals surface area contributed by atoms with E-state index in [1.165, 1.54) is 11.3 Å². The van der Waals surface area contributed by atoms with Gasteiger partial charge in [-0.15, -0.1) is 11.3 Å². The Hall–Kier alpha value is -2.68. The van der Waals surface area contributed by atoms with Crippen molar-refractivity contribution in [1.82, 2.24) is 10.8 Å². The molecular formula is C20H20N2O4S2. The summed E-state index contributed by atoms with van der Waals surface area (Å²) in [5.41, 5.74) is 2.65. The number of hydroxylamine groups is 1. The Morgan fingerprint density at radius 2 is 1.89 bits per heavy atom. The van der Waals surface area contributed by atoms with Crippen LogP contribution in [0.4, 0.5) is 0 Å². The second-order valence-corrected chi connectivity index (χ2v) is 7.43. The lowest BCUT2D eigenvalue weighted by molar-refractivity contribution is 0.0955. The minimum absolute atomic E-state index is 0.0884. The van der Waals surface area contributed by atoms with Gasteiger partial charge < -0.3 is 14.8 Å². The molecule has 0 fully saturated rings. The number of carbonyl (C=O) groups excluding carboxylic acids is 1. The van der Waals surface area contributed by atoms with Crippen LogP contribution in [0, 0.1) is 0 Å². The molecule has 0 spiro atoms. The monoisotopic (exact) mass is 416 g/mol. The van der Waals surface area contributed by atoms with Crippen molar-refractivity contribution in [2.24, 2.45) is 0 Å². The second-order valence-electron chi connectivity index (χ2n) is 5.94. The summed E-state index contributed by atoms with van der Waals surface area (Å²) in [6, 6.07) is 14.7. The van der Waals surface area contributed by atoms with Gasteiger partial charge in [0.2, 0.25) is 0 Å². The number of hydrogen-bond donors (Lipinski definition) is 3. The lowest BCUT2D eigenvalue weighted by atomic mass is 10.2. The van der Waals surface area contributed by atoms with Crippen molar-refractivity contribution in [3.05, 3.63) is 59.0 Å². The van der Waals surface area contributed by atoms with Crippen molar-refractivity contribution < 1.29 is 19.5 Å². The molecular weight excluding hydrogens is 396 g/mol. The minimum atomic E-state index is -0.0884. The number of carbonyl (C=O) groups is 1. The maximum absolute atomic E-state index is 12.3. The predicted molar refractivity (Wildman–Crippen MR) is 114 cm³/mol. The van der Waals surface area contributed by atoms with Gasteiger partial charge in [-0.2, -0.15) is 0 Å². The molecule has 3 N–H and O–H groups in total. The molecule has 28 heavy (non-hydrogen) atoms. The highest BCUT2D eigenvalue weighted by Crippen LogP contribution is 2.29. The number of rotatable bonds is 8. The number of thiocarbonyl (C=S) groups is 1. The standard InChI is InChI=1S/C20H20N2O4S2/c1-25-16-8-5-14-11-18(28-17(14)12-16)19(23)21-9-2-10-26-15-6-3-13(4-7-15)20(27)22-24/h3-8,11-12,24H,2,9-10H2,1H3,(H,21,23)(H,22,27). The van der Waals surface area contributed by atoms with Gasteiger partial charge in [-0.1, -0.05) is 12.2 Å². The normalized spacial score (nSPS) is 10.5. The summed E-state index contributed by atoms with van der Waals surface area (Å²) < 4.78 is 11.9. The van der Waals surface area contributed by atoms with E-state index < -0.39 is 0 Å². The Morgan fingerprint density at radius 1 is 1.14 bits per heavy atom. The third-order valence-electron chi connectivity index (χ3n) is 4.04. The van der Waals surface area contributed by atoms with Crippen LogP contribution >= 0.6 is 23.6 Å². The molecule has 0 saturated carbocycles. The Morgan fingerprint density at radius 3 is 2.61 bits per heavy atom. The summed E-state index contributed by atoms with van der Waals surface area (Å²) in [6.07, 6.45) is 0.683. The van der Waals surface area contributed by atoms with E-state index in [0.29, 0.717) is 35.8 Å². The van der Waals surface area contributed by atoms with Gasteiger partial charge in [0.05, 0.1) is 18.6 Å². The fourth-order valence-electron chi connectivity index (χ4n) is 2.57. The van der Waals surface area contributed by atoms with Crippen LogP contribution in [0.5, 0.6) is 11.5 Å². The summed E-state index contributed by atoms with van der Waals surface area (Å²) in [7, 11) is 1.62. The average Bonchev–Trinajstić information content (AvgIpc) is 3.16. The van der Waals surface area contributed by atoms with Crippen LogP contribution in [-0.2, 0) is 0 Å². The Bertz CT molecular complexity index is 970. The molecule has 8 heteroatoms. The number of nitrogens with one attached hydrogen (secondary N) is 2. The smallest absolute Gasteiger partial charge is 0.261 e. The molecule has 0 radical (unpaired) electrons. The van der Waals surface area contributed by atoms with Crippen LogP contribution in [0.2, 0.25) is 0 Å². The first-order chi connectivity index (χ1) is 13.6. The first-order valence-electron chi connectivity index (χ1n) is 8.64. The van der Waals surface area contributed by atoms with Gasteiger partial charge in [0.15, 0.2) is 0 Å². The minimum Gasteiger partial charge on any atom is -0.497 e. The third kappa shape index (κ3) is 4.98. The first-order valence-corrected chi connectivity index (χ1v) is 9.86. The van der Waals surface area contributed by atoms with Gasteiger partial charge in [0.1, 0.15) is 16.5 Å². The average molecular weight is 417 g/mol. The van der Waals surface area contributed by atoms with E-state index in [1.807, 2.05) is 29.7 Å². The van der Waals surface area contributed by atoms with E-state index in [1.54, 1.807) is 31.4 Å². The highest BCUT2D eigenvalue weighted by molar-refractivity contribution is 7.80. The summed E-state index contributed by atoms with van der Waals surface area (Å²) >= 11 is 6.38. The first kappa shape index (κ1) is 20.1. The van der Waals surface area contributed by atoms with Gasteiger partial charge in [-0.25, -0.2) is 0 Å². The van der Waals surface area contributed by atoms with Crippen molar-refractivity contribution in [3.8, 4) is 11.5 Å². The van der Waals surface area contributed by atoms with Crippen LogP contribution in [0.1, 0.15) is 21.7 Å². The lowest BCUT2D eigenvalue weighted by Gasteiger charge is -2.08. The van der Waals surface area contributed by atoms with Gasteiger partial charge in [-0.05, 0) is 60.3 Å². The summed E-state index contributed by atoms with van der Waals surface area (Å²) in [4.78, 5) is 13.3. The third-order valence-corrected chi connectivity index (χ3v) is 5.47. The Labute approximate surface area is 172 Å². The van der Waals surface area contributed by atoms with E-state index in [4.69, 9.17) is 26.9 Å². The molecule has 0 unspecified atom stereocenters. The molecule has 146 valence electrons. The van der Waals surface area contributed by atoms with Crippen molar-refractivity contribution in [2.75, 3.05) is 20.3 Å². The van der Waals surface area contributed by atoms with Crippen molar-refractivity contribution in [1.29, 1.82) is 0 Å². The number of methoxy groups -OCH3 is 1. The van der Waals surface area contributed by atoms with Crippen LogP contribution in [-0.4, -0.2) is 36.4 Å². The molecule has 0 aliphatic heterocycles. The fraction of sp³-hybridized carbons (Fsp3) is 0.200. The molecule has 0 bridgehead atoms. The fourth-order valence-corrected chi connectivity index (χ4v) is 3.71. The Kier molecular flexibility index (Phi) is 6.80.